The second-order valence-corrected chi connectivity index (χ2v) is 7.15. The van der Waals surface area contributed by atoms with E-state index in [0.29, 0.717) is 17.9 Å². The summed E-state index contributed by atoms with van der Waals surface area (Å²) in [5.41, 5.74) is 9.12. The van der Waals surface area contributed by atoms with Gasteiger partial charge >= 0.3 is 0 Å². The molecule has 3 aliphatic carbocycles. The van der Waals surface area contributed by atoms with Crippen molar-refractivity contribution < 1.29 is 4.79 Å². The Morgan fingerprint density at radius 1 is 1.09 bits per heavy atom. The SMILES string of the molecule is Cl.NC1C2CCC(C2)C1C(=O)NC1CCc2ccccc2C1. The maximum Gasteiger partial charge on any atom is 0.225 e. The molecule has 0 radical (unpaired) electrons. The van der Waals surface area contributed by atoms with Crippen molar-refractivity contribution in [1.29, 1.82) is 0 Å². The topological polar surface area (TPSA) is 55.1 Å². The predicted molar refractivity (Wildman–Crippen MR) is 89.9 cm³/mol. The number of nitrogens with two attached hydrogens (primary N) is 1. The fraction of sp³-hybridized carbons (Fsp3) is 0.611. The summed E-state index contributed by atoms with van der Waals surface area (Å²) in [7, 11) is 0. The summed E-state index contributed by atoms with van der Waals surface area (Å²) in [6, 6.07) is 8.98. The van der Waals surface area contributed by atoms with E-state index < -0.39 is 0 Å². The molecule has 4 heteroatoms. The first-order chi connectivity index (χ1) is 10.2. The zero-order chi connectivity index (χ0) is 14.4. The number of fused-ring (bicyclic) bond motifs is 3. The molecule has 5 unspecified atom stereocenters. The van der Waals surface area contributed by atoms with E-state index in [9.17, 15) is 4.79 Å². The van der Waals surface area contributed by atoms with Crippen LogP contribution < -0.4 is 11.1 Å². The van der Waals surface area contributed by atoms with Gasteiger partial charge in [-0.1, -0.05) is 24.3 Å². The molecule has 5 atom stereocenters. The highest BCUT2D eigenvalue weighted by Gasteiger charge is 2.49. The zero-order valence-corrected chi connectivity index (χ0v) is 13.6. The van der Waals surface area contributed by atoms with Gasteiger partial charge in [-0.2, -0.15) is 0 Å². The van der Waals surface area contributed by atoms with E-state index in [-0.39, 0.29) is 30.3 Å². The lowest BCUT2D eigenvalue weighted by atomic mass is 9.83. The predicted octanol–water partition coefficient (Wildman–Crippen LogP) is 2.46. The highest BCUT2D eigenvalue weighted by Crippen LogP contribution is 2.47. The van der Waals surface area contributed by atoms with Crippen LogP contribution in [-0.2, 0) is 17.6 Å². The number of benzene rings is 1. The highest BCUT2D eigenvalue weighted by atomic mass is 35.5. The van der Waals surface area contributed by atoms with Gasteiger partial charge in [-0.25, -0.2) is 0 Å². The molecule has 4 rings (SSSR count). The molecule has 1 aromatic carbocycles. The van der Waals surface area contributed by atoms with Crippen molar-refractivity contribution in [3.63, 3.8) is 0 Å². The van der Waals surface area contributed by atoms with E-state index >= 15 is 0 Å². The van der Waals surface area contributed by atoms with Crippen LogP contribution in [0.5, 0.6) is 0 Å². The molecule has 2 bridgehead atoms. The molecule has 2 saturated carbocycles. The minimum absolute atomic E-state index is 0. The highest BCUT2D eigenvalue weighted by molar-refractivity contribution is 5.85. The van der Waals surface area contributed by atoms with Crippen LogP contribution in [0.2, 0.25) is 0 Å². The maximum atomic E-state index is 12.6. The van der Waals surface area contributed by atoms with Crippen LogP contribution in [0, 0.1) is 17.8 Å². The number of amides is 1. The summed E-state index contributed by atoms with van der Waals surface area (Å²) in [5.74, 6) is 1.43. The Morgan fingerprint density at radius 3 is 2.55 bits per heavy atom. The van der Waals surface area contributed by atoms with Crippen molar-refractivity contribution in [1.82, 2.24) is 5.32 Å². The van der Waals surface area contributed by atoms with Crippen molar-refractivity contribution in [2.45, 2.75) is 50.6 Å². The Labute approximate surface area is 138 Å². The number of aryl methyl sites for hydroxylation is 1. The number of carbonyl (C=O) groups excluding carboxylic acids is 1. The van der Waals surface area contributed by atoms with Gasteiger partial charge in [0.25, 0.3) is 0 Å². The lowest BCUT2D eigenvalue weighted by molar-refractivity contribution is -0.127. The second kappa shape index (κ2) is 6.21. The third-order valence-corrected chi connectivity index (χ3v) is 5.98. The molecular formula is C18H25ClN2O. The molecule has 1 aromatic rings. The number of halogens is 1. The third kappa shape index (κ3) is 2.65. The van der Waals surface area contributed by atoms with Gasteiger partial charge in [0.15, 0.2) is 0 Å². The molecule has 0 heterocycles. The first-order valence-corrected chi connectivity index (χ1v) is 8.35. The van der Waals surface area contributed by atoms with Crippen LogP contribution in [0.4, 0.5) is 0 Å². The van der Waals surface area contributed by atoms with Crippen LogP contribution >= 0.6 is 12.4 Å². The van der Waals surface area contributed by atoms with Crippen LogP contribution in [-0.4, -0.2) is 18.0 Å². The van der Waals surface area contributed by atoms with Crippen molar-refractivity contribution in [3.8, 4) is 0 Å². The minimum Gasteiger partial charge on any atom is -0.353 e. The Bertz CT molecular complexity index is 560. The molecular weight excluding hydrogens is 296 g/mol. The maximum absolute atomic E-state index is 12.6. The Morgan fingerprint density at radius 2 is 1.82 bits per heavy atom. The van der Waals surface area contributed by atoms with Gasteiger partial charge in [-0.15, -0.1) is 12.4 Å². The molecule has 0 aliphatic heterocycles. The minimum atomic E-state index is 0. The lowest BCUT2D eigenvalue weighted by Crippen LogP contribution is -2.49. The van der Waals surface area contributed by atoms with Crippen LogP contribution in [0.3, 0.4) is 0 Å². The van der Waals surface area contributed by atoms with Crippen molar-refractivity contribution in [2.75, 3.05) is 0 Å². The summed E-state index contributed by atoms with van der Waals surface area (Å²) in [4.78, 5) is 12.6. The summed E-state index contributed by atoms with van der Waals surface area (Å²) in [5, 5.41) is 3.30. The van der Waals surface area contributed by atoms with E-state index in [1.807, 2.05) is 0 Å². The summed E-state index contributed by atoms with van der Waals surface area (Å²) in [6.45, 7) is 0. The van der Waals surface area contributed by atoms with Gasteiger partial charge in [0.05, 0.1) is 5.92 Å². The zero-order valence-electron chi connectivity index (χ0n) is 12.8. The second-order valence-electron chi connectivity index (χ2n) is 7.15. The molecule has 1 amide bonds. The fourth-order valence-corrected chi connectivity index (χ4v) is 4.84. The number of hydrogen-bond donors (Lipinski definition) is 2. The molecule has 0 saturated heterocycles. The van der Waals surface area contributed by atoms with Gasteiger partial charge in [0.2, 0.25) is 5.91 Å². The molecule has 2 fully saturated rings. The normalized spacial score (nSPS) is 35.6. The Hall–Kier alpha value is -1.06. The largest absolute Gasteiger partial charge is 0.353 e. The molecule has 120 valence electrons. The van der Waals surface area contributed by atoms with Crippen molar-refractivity contribution >= 4 is 18.3 Å². The van der Waals surface area contributed by atoms with Gasteiger partial charge < -0.3 is 11.1 Å². The van der Waals surface area contributed by atoms with Gasteiger partial charge in [-0.05, 0) is 61.5 Å². The first kappa shape index (κ1) is 15.8. The Balaban J connectivity index is 0.00000144. The van der Waals surface area contributed by atoms with E-state index in [0.717, 1.165) is 19.3 Å². The number of rotatable bonds is 2. The molecule has 3 N–H and O–H groups in total. The quantitative estimate of drug-likeness (QED) is 0.879. The van der Waals surface area contributed by atoms with Crippen LogP contribution in [0.15, 0.2) is 24.3 Å². The first-order valence-electron chi connectivity index (χ1n) is 8.35. The van der Waals surface area contributed by atoms with Gasteiger partial charge in [-0.3, -0.25) is 4.79 Å². The standard InChI is InChI=1S/C18H24N2O.ClH/c19-17-14-6-5-13(9-14)16(17)18(21)20-15-8-7-11-3-1-2-4-12(11)10-15;/h1-4,13-17H,5-10,19H2,(H,20,21);1H. The molecule has 3 aliphatic rings. The fourth-order valence-electron chi connectivity index (χ4n) is 4.84. The van der Waals surface area contributed by atoms with Crippen molar-refractivity contribution in [3.05, 3.63) is 35.4 Å². The van der Waals surface area contributed by atoms with Gasteiger partial charge in [0.1, 0.15) is 0 Å². The smallest absolute Gasteiger partial charge is 0.225 e. The van der Waals surface area contributed by atoms with E-state index in [2.05, 4.69) is 29.6 Å². The molecule has 22 heavy (non-hydrogen) atoms. The third-order valence-electron chi connectivity index (χ3n) is 5.98. The van der Waals surface area contributed by atoms with Crippen LogP contribution in [0.25, 0.3) is 0 Å². The van der Waals surface area contributed by atoms with Crippen LogP contribution in [0.1, 0.15) is 36.8 Å². The van der Waals surface area contributed by atoms with E-state index in [1.54, 1.807) is 0 Å². The molecule has 0 spiro atoms. The number of carbonyl (C=O) groups is 1. The monoisotopic (exact) mass is 320 g/mol. The van der Waals surface area contributed by atoms with E-state index in [4.69, 9.17) is 5.73 Å². The lowest BCUT2D eigenvalue weighted by Gasteiger charge is -2.31. The van der Waals surface area contributed by atoms with Crippen molar-refractivity contribution in [2.24, 2.45) is 23.5 Å². The average molecular weight is 321 g/mol. The molecule has 0 aromatic heterocycles. The summed E-state index contributed by atoms with van der Waals surface area (Å²) < 4.78 is 0. The Kier molecular flexibility index (Phi) is 4.47. The molecule has 3 nitrogen and oxygen atoms in total. The summed E-state index contributed by atoms with van der Waals surface area (Å²) in [6.07, 6.45) is 6.70. The van der Waals surface area contributed by atoms with Gasteiger partial charge in [0, 0.05) is 12.1 Å². The summed E-state index contributed by atoms with van der Waals surface area (Å²) >= 11 is 0. The number of hydrogen-bond acceptors (Lipinski definition) is 2. The number of nitrogens with one attached hydrogen (secondary N) is 1. The van der Waals surface area contributed by atoms with E-state index in [1.165, 1.54) is 30.4 Å². The average Bonchev–Trinajstić information content (AvgIpc) is 3.08.